The van der Waals surface area contributed by atoms with Crippen molar-refractivity contribution in [3.8, 4) is 0 Å². The number of thioether (sulfide) groups is 1. The smallest absolute Gasteiger partial charge is 0.235 e. The van der Waals surface area contributed by atoms with Crippen molar-refractivity contribution >= 4 is 33.6 Å². The van der Waals surface area contributed by atoms with Crippen molar-refractivity contribution in [1.82, 2.24) is 9.55 Å². The Hall–Kier alpha value is -1.27. The maximum absolute atomic E-state index is 11.6. The molecule has 0 radical (unpaired) electrons. The lowest BCUT2D eigenvalue weighted by Crippen LogP contribution is -2.19. The van der Waals surface area contributed by atoms with E-state index in [0.29, 0.717) is 0 Å². The van der Waals surface area contributed by atoms with Gasteiger partial charge in [0.1, 0.15) is 5.25 Å². The Morgan fingerprint density at radius 3 is 2.61 bits per heavy atom. The highest BCUT2D eigenvalue weighted by Crippen LogP contribution is 2.34. The standard InChI is InChI=1S/C12H12BrN3OS/c1-16-7-6-15-12(16)18-10(11(14)17)8-2-4-9(13)5-3-8/h2-7,10H,1H3,(H2,14,17)/t10-/m0/s1. The number of amides is 1. The third-order valence-electron chi connectivity index (χ3n) is 2.43. The summed E-state index contributed by atoms with van der Waals surface area (Å²) in [5, 5.41) is 0.334. The normalized spacial score (nSPS) is 12.3. The summed E-state index contributed by atoms with van der Waals surface area (Å²) in [7, 11) is 1.88. The molecule has 0 bridgehead atoms. The first-order chi connectivity index (χ1) is 8.58. The van der Waals surface area contributed by atoms with E-state index in [1.807, 2.05) is 42.1 Å². The summed E-state index contributed by atoms with van der Waals surface area (Å²) in [4.78, 5) is 15.8. The number of rotatable bonds is 4. The second-order valence-electron chi connectivity index (χ2n) is 3.77. The summed E-state index contributed by atoms with van der Waals surface area (Å²) in [5.74, 6) is -0.370. The van der Waals surface area contributed by atoms with E-state index in [0.717, 1.165) is 15.2 Å². The van der Waals surface area contributed by atoms with Crippen molar-refractivity contribution in [3.05, 3.63) is 46.7 Å². The van der Waals surface area contributed by atoms with E-state index < -0.39 is 5.25 Å². The van der Waals surface area contributed by atoms with Crippen molar-refractivity contribution in [2.75, 3.05) is 0 Å². The first-order valence-corrected chi connectivity index (χ1v) is 6.94. The van der Waals surface area contributed by atoms with Crippen LogP contribution in [0, 0.1) is 0 Å². The zero-order valence-corrected chi connectivity index (χ0v) is 12.1. The summed E-state index contributed by atoms with van der Waals surface area (Å²) >= 11 is 4.72. The van der Waals surface area contributed by atoms with Crippen LogP contribution in [0.4, 0.5) is 0 Å². The molecule has 2 N–H and O–H groups in total. The average molecular weight is 326 g/mol. The van der Waals surface area contributed by atoms with Gasteiger partial charge in [0.25, 0.3) is 0 Å². The fourth-order valence-electron chi connectivity index (χ4n) is 1.50. The van der Waals surface area contributed by atoms with E-state index >= 15 is 0 Å². The van der Waals surface area contributed by atoms with Gasteiger partial charge in [0.2, 0.25) is 5.91 Å². The van der Waals surface area contributed by atoms with Crippen molar-refractivity contribution in [2.45, 2.75) is 10.4 Å². The summed E-state index contributed by atoms with van der Waals surface area (Å²) in [6, 6.07) is 7.55. The molecule has 1 aromatic carbocycles. The van der Waals surface area contributed by atoms with Crippen LogP contribution in [0.1, 0.15) is 10.8 Å². The predicted molar refractivity (Wildman–Crippen MR) is 75.1 cm³/mol. The molecule has 2 rings (SSSR count). The number of hydrogen-bond acceptors (Lipinski definition) is 3. The number of aromatic nitrogens is 2. The van der Waals surface area contributed by atoms with E-state index in [4.69, 9.17) is 5.73 Å². The van der Waals surface area contributed by atoms with Gasteiger partial charge in [-0.1, -0.05) is 39.8 Å². The number of carbonyl (C=O) groups is 1. The number of benzene rings is 1. The highest BCUT2D eigenvalue weighted by molar-refractivity contribution is 9.10. The van der Waals surface area contributed by atoms with Crippen LogP contribution < -0.4 is 5.73 Å². The molecule has 0 aliphatic carbocycles. The monoisotopic (exact) mass is 325 g/mol. The van der Waals surface area contributed by atoms with Gasteiger partial charge in [-0.2, -0.15) is 0 Å². The molecule has 0 fully saturated rings. The Morgan fingerprint density at radius 2 is 2.11 bits per heavy atom. The highest BCUT2D eigenvalue weighted by atomic mass is 79.9. The van der Waals surface area contributed by atoms with Crippen LogP contribution in [-0.2, 0) is 11.8 Å². The third-order valence-corrected chi connectivity index (χ3v) is 4.30. The van der Waals surface area contributed by atoms with Crippen molar-refractivity contribution in [2.24, 2.45) is 12.8 Å². The first kappa shape index (κ1) is 13.2. The average Bonchev–Trinajstić information content (AvgIpc) is 2.73. The van der Waals surface area contributed by atoms with Gasteiger partial charge in [0.15, 0.2) is 5.16 Å². The molecule has 0 unspecified atom stereocenters. The Bertz CT molecular complexity index is 553. The van der Waals surface area contributed by atoms with Crippen LogP contribution >= 0.6 is 27.7 Å². The number of nitrogens with zero attached hydrogens (tertiary/aromatic N) is 2. The fraction of sp³-hybridized carbons (Fsp3) is 0.167. The predicted octanol–water partition coefficient (Wildman–Crippen LogP) is 2.50. The van der Waals surface area contributed by atoms with Crippen LogP contribution in [0.15, 0.2) is 46.3 Å². The topological polar surface area (TPSA) is 60.9 Å². The second-order valence-corrected chi connectivity index (χ2v) is 5.76. The van der Waals surface area contributed by atoms with Crippen molar-refractivity contribution < 1.29 is 4.79 Å². The van der Waals surface area contributed by atoms with Crippen molar-refractivity contribution in [3.63, 3.8) is 0 Å². The van der Waals surface area contributed by atoms with E-state index in [-0.39, 0.29) is 5.91 Å². The molecule has 0 aliphatic heterocycles. The quantitative estimate of drug-likeness (QED) is 0.878. The minimum absolute atomic E-state index is 0.370. The maximum atomic E-state index is 11.6. The molecule has 0 saturated carbocycles. The molecule has 94 valence electrons. The van der Waals surface area contributed by atoms with E-state index in [1.165, 1.54) is 11.8 Å². The lowest BCUT2D eigenvalue weighted by atomic mass is 10.1. The van der Waals surface area contributed by atoms with Gasteiger partial charge < -0.3 is 10.3 Å². The summed E-state index contributed by atoms with van der Waals surface area (Å²) in [6.45, 7) is 0. The van der Waals surface area contributed by atoms with Crippen LogP contribution in [-0.4, -0.2) is 15.5 Å². The molecule has 4 nitrogen and oxygen atoms in total. The van der Waals surface area contributed by atoms with Crippen LogP contribution in [0.5, 0.6) is 0 Å². The number of carbonyl (C=O) groups excluding carboxylic acids is 1. The van der Waals surface area contributed by atoms with Gasteiger partial charge in [0.05, 0.1) is 0 Å². The highest BCUT2D eigenvalue weighted by Gasteiger charge is 2.21. The fourth-order valence-corrected chi connectivity index (χ4v) is 2.73. The Kier molecular flexibility index (Phi) is 4.08. The van der Waals surface area contributed by atoms with Crippen LogP contribution in [0.3, 0.4) is 0 Å². The molecular weight excluding hydrogens is 314 g/mol. The van der Waals surface area contributed by atoms with E-state index in [9.17, 15) is 4.79 Å². The Balaban J connectivity index is 2.27. The molecule has 1 atom stereocenters. The number of primary amides is 1. The molecule has 1 aromatic heterocycles. The maximum Gasteiger partial charge on any atom is 0.235 e. The van der Waals surface area contributed by atoms with Crippen LogP contribution in [0.25, 0.3) is 0 Å². The molecule has 1 amide bonds. The molecule has 0 saturated heterocycles. The molecular formula is C12H12BrN3OS. The molecule has 1 heterocycles. The van der Waals surface area contributed by atoms with Gasteiger partial charge in [0, 0.05) is 23.9 Å². The van der Waals surface area contributed by atoms with Crippen molar-refractivity contribution in [1.29, 1.82) is 0 Å². The molecule has 2 aromatic rings. The second kappa shape index (κ2) is 5.58. The largest absolute Gasteiger partial charge is 0.368 e. The third kappa shape index (κ3) is 2.94. The number of halogens is 1. The molecule has 0 aliphatic rings. The zero-order chi connectivity index (χ0) is 13.1. The molecule has 0 spiro atoms. The summed E-state index contributed by atoms with van der Waals surface area (Å²) in [5.41, 5.74) is 6.34. The number of nitrogens with two attached hydrogens (primary N) is 1. The summed E-state index contributed by atoms with van der Waals surface area (Å²) < 4.78 is 2.83. The van der Waals surface area contributed by atoms with Gasteiger partial charge in [-0.05, 0) is 17.7 Å². The van der Waals surface area contributed by atoms with Crippen LogP contribution in [0.2, 0.25) is 0 Å². The lowest BCUT2D eigenvalue weighted by Gasteiger charge is -2.13. The minimum atomic E-state index is -0.431. The van der Waals surface area contributed by atoms with E-state index in [2.05, 4.69) is 20.9 Å². The lowest BCUT2D eigenvalue weighted by molar-refractivity contribution is -0.117. The molecule has 18 heavy (non-hydrogen) atoms. The van der Waals surface area contributed by atoms with Gasteiger partial charge >= 0.3 is 0 Å². The Morgan fingerprint density at radius 1 is 1.44 bits per heavy atom. The molecule has 6 heteroatoms. The first-order valence-electron chi connectivity index (χ1n) is 5.26. The van der Waals surface area contributed by atoms with E-state index in [1.54, 1.807) is 6.20 Å². The summed E-state index contributed by atoms with van der Waals surface area (Å²) in [6.07, 6.45) is 3.53. The Labute approximate surface area is 118 Å². The minimum Gasteiger partial charge on any atom is -0.368 e. The number of aryl methyl sites for hydroxylation is 1. The van der Waals surface area contributed by atoms with Gasteiger partial charge in [-0.15, -0.1) is 0 Å². The SMILES string of the molecule is Cn1ccnc1S[C@H](C(N)=O)c1ccc(Br)cc1. The van der Waals surface area contributed by atoms with Gasteiger partial charge in [-0.25, -0.2) is 4.98 Å². The number of hydrogen-bond donors (Lipinski definition) is 1. The zero-order valence-electron chi connectivity index (χ0n) is 9.71. The van der Waals surface area contributed by atoms with Gasteiger partial charge in [-0.3, -0.25) is 4.79 Å². The number of imidazole rings is 1.